The zero-order valence-electron chi connectivity index (χ0n) is 13.1. The SMILES string of the molecule is C=Cc1cc(NC(=O)OC(C)C)cc(COC)c1OCC. The van der Waals surface area contributed by atoms with Crippen LogP contribution in [0.1, 0.15) is 31.9 Å². The van der Waals surface area contributed by atoms with Gasteiger partial charge in [0.25, 0.3) is 0 Å². The Bertz CT molecular complexity index is 497. The largest absolute Gasteiger partial charge is 0.493 e. The highest BCUT2D eigenvalue weighted by Gasteiger charge is 2.13. The molecule has 0 heterocycles. The van der Waals surface area contributed by atoms with E-state index in [1.807, 2.05) is 13.0 Å². The molecule has 0 radical (unpaired) electrons. The lowest BCUT2D eigenvalue weighted by Gasteiger charge is -2.16. The molecule has 1 aromatic rings. The van der Waals surface area contributed by atoms with Gasteiger partial charge < -0.3 is 14.2 Å². The van der Waals surface area contributed by atoms with Crippen molar-refractivity contribution in [3.63, 3.8) is 0 Å². The summed E-state index contributed by atoms with van der Waals surface area (Å²) in [7, 11) is 1.61. The molecule has 1 N–H and O–H groups in total. The molecule has 5 heteroatoms. The Balaban J connectivity index is 3.08. The standard InChI is InChI=1S/C16H23NO4/c1-6-12-8-14(17-16(18)21-11(3)4)9-13(10-19-5)15(12)20-7-2/h6,8-9,11H,1,7,10H2,2-5H3,(H,17,18). The summed E-state index contributed by atoms with van der Waals surface area (Å²) in [4.78, 5) is 11.7. The Morgan fingerprint density at radius 2 is 2.14 bits per heavy atom. The van der Waals surface area contributed by atoms with Gasteiger partial charge >= 0.3 is 6.09 Å². The number of methoxy groups -OCH3 is 1. The van der Waals surface area contributed by atoms with E-state index in [-0.39, 0.29) is 6.10 Å². The predicted octanol–water partition coefficient (Wildman–Crippen LogP) is 3.83. The molecule has 0 atom stereocenters. The van der Waals surface area contributed by atoms with Gasteiger partial charge in [-0.1, -0.05) is 12.7 Å². The Morgan fingerprint density at radius 3 is 2.67 bits per heavy atom. The lowest BCUT2D eigenvalue weighted by molar-refractivity contribution is 0.130. The third kappa shape index (κ3) is 5.11. The van der Waals surface area contributed by atoms with Crippen molar-refractivity contribution in [2.24, 2.45) is 0 Å². The van der Waals surface area contributed by atoms with E-state index in [0.29, 0.717) is 18.9 Å². The number of hydrogen-bond donors (Lipinski definition) is 1. The fourth-order valence-corrected chi connectivity index (χ4v) is 1.88. The fourth-order valence-electron chi connectivity index (χ4n) is 1.88. The minimum atomic E-state index is -0.493. The average molecular weight is 293 g/mol. The average Bonchev–Trinajstić information content (AvgIpc) is 2.40. The molecule has 0 unspecified atom stereocenters. The van der Waals surface area contributed by atoms with Gasteiger partial charge in [0.15, 0.2) is 0 Å². The topological polar surface area (TPSA) is 56.8 Å². The van der Waals surface area contributed by atoms with E-state index in [0.717, 1.165) is 16.9 Å². The van der Waals surface area contributed by atoms with Crippen molar-refractivity contribution in [1.29, 1.82) is 0 Å². The van der Waals surface area contributed by atoms with E-state index in [9.17, 15) is 4.79 Å². The van der Waals surface area contributed by atoms with Crippen molar-refractivity contribution < 1.29 is 19.0 Å². The van der Waals surface area contributed by atoms with Crippen LogP contribution >= 0.6 is 0 Å². The summed E-state index contributed by atoms with van der Waals surface area (Å²) in [5.74, 6) is 0.720. The van der Waals surface area contributed by atoms with Crippen molar-refractivity contribution in [2.75, 3.05) is 19.0 Å². The summed E-state index contributed by atoms with van der Waals surface area (Å²) >= 11 is 0. The first-order valence-corrected chi connectivity index (χ1v) is 6.90. The quantitative estimate of drug-likeness (QED) is 0.830. The minimum Gasteiger partial charge on any atom is -0.493 e. The lowest BCUT2D eigenvalue weighted by Crippen LogP contribution is -2.18. The van der Waals surface area contributed by atoms with Crippen LogP contribution in [0.5, 0.6) is 5.75 Å². The van der Waals surface area contributed by atoms with Crippen LogP contribution < -0.4 is 10.1 Å². The maximum absolute atomic E-state index is 11.7. The maximum atomic E-state index is 11.7. The van der Waals surface area contributed by atoms with Gasteiger partial charge in [-0.25, -0.2) is 4.79 Å². The van der Waals surface area contributed by atoms with Gasteiger partial charge in [-0.15, -0.1) is 0 Å². The van der Waals surface area contributed by atoms with Crippen LogP contribution in [0.2, 0.25) is 0 Å². The van der Waals surface area contributed by atoms with Gasteiger partial charge in [0.1, 0.15) is 5.75 Å². The van der Waals surface area contributed by atoms with Gasteiger partial charge in [0.05, 0.1) is 19.3 Å². The van der Waals surface area contributed by atoms with Crippen LogP contribution in [0.15, 0.2) is 18.7 Å². The second kappa shape index (κ2) is 8.32. The normalized spacial score (nSPS) is 10.3. The number of benzene rings is 1. The maximum Gasteiger partial charge on any atom is 0.411 e. The van der Waals surface area contributed by atoms with Crippen molar-refractivity contribution in [2.45, 2.75) is 33.5 Å². The Labute approximate surface area is 125 Å². The number of amides is 1. The first-order chi connectivity index (χ1) is 10.0. The lowest BCUT2D eigenvalue weighted by atomic mass is 10.1. The number of ether oxygens (including phenoxy) is 3. The summed E-state index contributed by atoms with van der Waals surface area (Å²) in [5.41, 5.74) is 2.26. The first kappa shape index (κ1) is 17.0. The third-order valence-corrected chi connectivity index (χ3v) is 2.59. The Kier molecular flexibility index (Phi) is 6.75. The Morgan fingerprint density at radius 1 is 1.43 bits per heavy atom. The van der Waals surface area contributed by atoms with Crippen molar-refractivity contribution >= 4 is 17.9 Å². The van der Waals surface area contributed by atoms with Crippen LogP contribution in [0, 0.1) is 0 Å². The van der Waals surface area contributed by atoms with Gasteiger partial charge in [-0.05, 0) is 32.9 Å². The number of hydrogen-bond acceptors (Lipinski definition) is 4. The van der Waals surface area contributed by atoms with Gasteiger partial charge in [0.2, 0.25) is 0 Å². The molecule has 0 aliphatic carbocycles. The second-order valence-corrected chi connectivity index (χ2v) is 4.70. The highest BCUT2D eigenvalue weighted by atomic mass is 16.6. The summed E-state index contributed by atoms with van der Waals surface area (Å²) in [5, 5.41) is 2.70. The molecular formula is C16H23NO4. The molecule has 0 aliphatic rings. The third-order valence-electron chi connectivity index (χ3n) is 2.59. The van der Waals surface area contributed by atoms with E-state index >= 15 is 0 Å². The molecular weight excluding hydrogens is 270 g/mol. The van der Waals surface area contributed by atoms with Crippen LogP contribution in [-0.4, -0.2) is 25.9 Å². The molecule has 0 bridgehead atoms. The predicted molar refractivity (Wildman–Crippen MR) is 83.7 cm³/mol. The monoisotopic (exact) mass is 293 g/mol. The Hall–Kier alpha value is -2.01. The number of rotatable bonds is 7. The van der Waals surface area contributed by atoms with E-state index in [1.165, 1.54) is 0 Å². The minimum absolute atomic E-state index is 0.176. The first-order valence-electron chi connectivity index (χ1n) is 6.90. The van der Waals surface area contributed by atoms with E-state index in [4.69, 9.17) is 14.2 Å². The molecule has 0 fully saturated rings. The van der Waals surface area contributed by atoms with E-state index in [1.54, 1.807) is 33.1 Å². The van der Waals surface area contributed by atoms with E-state index < -0.39 is 6.09 Å². The second-order valence-electron chi connectivity index (χ2n) is 4.70. The molecule has 21 heavy (non-hydrogen) atoms. The van der Waals surface area contributed by atoms with E-state index in [2.05, 4.69) is 11.9 Å². The molecule has 0 spiro atoms. The zero-order chi connectivity index (χ0) is 15.8. The van der Waals surface area contributed by atoms with Crippen molar-refractivity contribution in [3.05, 3.63) is 29.8 Å². The molecule has 0 aromatic heterocycles. The van der Waals surface area contributed by atoms with Gasteiger partial charge in [-0.2, -0.15) is 0 Å². The van der Waals surface area contributed by atoms with Crippen LogP contribution in [0.25, 0.3) is 6.08 Å². The molecule has 116 valence electrons. The highest BCUT2D eigenvalue weighted by Crippen LogP contribution is 2.30. The van der Waals surface area contributed by atoms with Crippen LogP contribution in [-0.2, 0) is 16.1 Å². The number of nitrogens with one attached hydrogen (secondary N) is 1. The number of anilines is 1. The molecule has 5 nitrogen and oxygen atoms in total. The molecule has 0 saturated heterocycles. The van der Waals surface area contributed by atoms with Crippen LogP contribution in [0.4, 0.5) is 10.5 Å². The molecule has 1 rings (SSSR count). The summed E-state index contributed by atoms with van der Waals surface area (Å²) in [6, 6.07) is 3.60. The van der Waals surface area contributed by atoms with Crippen LogP contribution in [0.3, 0.4) is 0 Å². The number of carbonyl (C=O) groups excluding carboxylic acids is 1. The van der Waals surface area contributed by atoms with Crippen molar-refractivity contribution in [1.82, 2.24) is 0 Å². The van der Waals surface area contributed by atoms with Gasteiger partial charge in [0, 0.05) is 23.9 Å². The zero-order valence-corrected chi connectivity index (χ0v) is 13.1. The van der Waals surface area contributed by atoms with Crippen molar-refractivity contribution in [3.8, 4) is 5.75 Å². The molecule has 0 saturated carbocycles. The summed E-state index contributed by atoms with van der Waals surface area (Å²) in [6.45, 7) is 10.2. The molecule has 1 aromatic carbocycles. The highest BCUT2D eigenvalue weighted by molar-refractivity contribution is 5.86. The van der Waals surface area contributed by atoms with Gasteiger partial charge in [-0.3, -0.25) is 5.32 Å². The molecule has 0 aliphatic heterocycles. The summed E-state index contributed by atoms with van der Waals surface area (Å²) < 4.78 is 15.9. The number of carbonyl (C=O) groups is 1. The summed E-state index contributed by atoms with van der Waals surface area (Å²) in [6.07, 6.45) is 1.01. The molecule has 1 amide bonds. The smallest absolute Gasteiger partial charge is 0.411 e. The fraction of sp³-hybridized carbons (Fsp3) is 0.438.